The van der Waals surface area contributed by atoms with Gasteiger partial charge in [0.05, 0.1) is 11.2 Å². The number of halogens is 1. The van der Waals surface area contributed by atoms with Crippen molar-refractivity contribution in [2.45, 2.75) is 65.2 Å². The van der Waals surface area contributed by atoms with Gasteiger partial charge in [-0.3, -0.25) is 0 Å². The van der Waals surface area contributed by atoms with E-state index in [4.69, 9.17) is 0 Å². The highest BCUT2D eigenvalue weighted by Gasteiger charge is 2.25. The molecule has 1 heterocycles. The molecule has 0 aliphatic carbocycles. The molecule has 0 aliphatic rings. The molecule has 0 unspecified atom stereocenters. The zero-order valence-corrected chi connectivity index (χ0v) is 14.0. The molecule has 0 aliphatic heterocycles. The zero-order chi connectivity index (χ0) is 15.8. The Morgan fingerprint density at radius 3 is 2.33 bits per heavy atom. The summed E-state index contributed by atoms with van der Waals surface area (Å²) in [5.41, 5.74) is 2.37. The molecule has 1 aromatic carbocycles. The van der Waals surface area contributed by atoms with Crippen LogP contribution in [0.5, 0.6) is 0 Å². The summed E-state index contributed by atoms with van der Waals surface area (Å²) in [5.74, 6) is -0.199. The minimum Gasteiger partial charge on any atom is -0.249 e. The molecule has 0 radical (unpaired) electrons. The smallest absolute Gasteiger partial charge is 0.145 e. The van der Waals surface area contributed by atoms with Crippen LogP contribution in [-0.2, 0) is 10.8 Å². The van der Waals surface area contributed by atoms with Crippen molar-refractivity contribution in [2.24, 2.45) is 0 Å². The third-order valence-corrected chi connectivity index (χ3v) is 4.13. The molecule has 0 saturated heterocycles. The Hall–Kier alpha value is -1.44. The van der Waals surface area contributed by atoms with Gasteiger partial charge in [-0.05, 0) is 29.5 Å². The van der Waals surface area contributed by atoms with Gasteiger partial charge in [0.2, 0.25) is 0 Å². The molecule has 0 N–H and O–H groups in total. The van der Waals surface area contributed by atoms with Gasteiger partial charge in [-0.15, -0.1) is 0 Å². The molecule has 2 rings (SSSR count). The van der Waals surface area contributed by atoms with Crippen LogP contribution in [0.2, 0.25) is 0 Å². The van der Waals surface area contributed by atoms with Crippen LogP contribution in [0.3, 0.4) is 0 Å². The van der Waals surface area contributed by atoms with E-state index < -0.39 is 0 Å². The first-order chi connectivity index (χ1) is 9.66. The Balaban J connectivity index is 2.70. The van der Waals surface area contributed by atoms with Crippen LogP contribution in [0.4, 0.5) is 4.39 Å². The van der Waals surface area contributed by atoms with Crippen molar-refractivity contribution in [3.8, 4) is 0 Å². The van der Waals surface area contributed by atoms with Crippen LogP contribution in [0, 0.1) is 5.82 Å². The van der Waals surface area contributed by atoms with Crippen LogP contribution in [0.1, 0.15) is 65.6 Å². The van der Waals surface area contributed by atoms with Crippen LogP contribution in [0.15, 0.2) is 24.3 Å². The second-order valence-electron chi connectivity index (χ2n) is 7.57. The molecule has 0 fully saturated rings. The molecule has 0 spiro atoms. The summed E-state index contributed by atoms with van der Waals surface area (Å²) in [5, 5.41) is 0.946. The van der Waals surface area contributed by atoms with E-state index in [0.29, 0.717) is 5.69 Å². The van der Waals surface area contributed by atoms with Gasteiger partial charge in [-0.25, -0.2) is 9.37 Å². The average molecular weight is 287 g/mol. The van der Waals surface area contributed by atoms with Gasteiger partial charge >= 0.3 is 0 Å². The molecule has 0 atom stereocenters. The SMILES string of the molecule is CCCC(C)(C)c1cccc2nc(C(C)(C)C)c(F)cc12. The quantitative estimate of drug-likeness (QED) is 0.700. The lowest BCUT2D eigenvalue weighted by atomic mass is 9.78. The molecule has 0 saturated carbocycles. The fraction of sp³-hybridized carbons (Fsp3) is 0.526. The highest BCUT2D eigenvalue weighted by molar-refractivity contribution is 5.83. The summed E-state index contributed by atoms with van der Waals surface area (Å²) in [7, 11) is 0. The summed E-state index contributed by atoms with van der Waals surface area (Å²) >= 11 is 0. The van der Waals surface area contributed by atoms with Gasteiger partial charge in [0.25, 0.3) is 0 Å². The number of pyridine rings is 1. The molecule has 114 valence electrons. The standard InChI is InChI=1S/C19H26FN/c1-7-11-19(5,6)14-9-8-10-16-13(14)12-15(20)17(21-16)18(2,3)4/h8-10,12H,7,11H2,1-6H3. The molecule has 2 heteroatoms. The van der Waals surface area contributed by atoms with E-state index in [0.717, 1.165) is 23.7 Å². The molecule has 0 bridgehead atoms. The maximum atomic E-state index is 14.5. The summed E-state index contributed by atoms with van der Waals surface area (Å²) in [6.45, 7) is 12.6. The molecule has 1 aromatic heterocycles. The molecular weight excluding hydrogens is 261 g/mol. The van der Waals surface area contributed by atoms with Gasteiger partial charge in [0.15, 0.2) is 0 Å². The molecule has 0 amide bonds. The van der Waals surface area contributed by atoms with E-state index >= 15 is 0 Å². The summed E-state index contributed by atoms with van der Waals surface area (Å²) in [6, 6.07) is 7.80. The van der Waals surface area contributed by atoms with Crippen molar-refractivity contribution in [2.75, 3.05) is 0 Å². The fourth-order valence-corrected chi connectivity index (χ4v) is 3.05. The third kappa shape index (κ3) is 3.09. The lowest BCUT2D eigenvalue weighted by Crippen LogP contribution is -2.19. The van der Waals surface area contributed by atoms with Crippen molar-refractivity contribution in [1.82, 2.24) is 4.98 Å². The van der Waals surface area contributed by atoms with Gasteiger partial charge < -0.3 is 0 Å². The summed E-state index contributed by atoms with van der Waals surface area (Å²) in [4.78, 5) is 4.61. The minimum atomic E-state index is -0.285. The van der Waals surface area contributed by atoms with Crippen LogP contribution < -0.4 is 0 Å². The Kier molecular flexibility index (Phi) is 4.10. The summed E-state index contributed by atoms with van der Waals surface area (Å²) in [6.07, 6.45) is 2.19. The van der Waals surface area contributed by atoms with E-state index in [9.17, 15) is 4.39 Å². The van der Waals surface area contributed by atoms with Crippen LogP contribution in [0.25, 0.3) is 10.9 Å². The molecule has 2 aromatic rings. The van der Waals surface area contributed by atoms with E-state index in [1.807, 2.05) is 32.9 Å². The topological polar surface area (TPSA) is 12.9 Å². The first-order valence-electron chi connectivity index (χ1n) is 7.77. The Bertz CT molecular complexity index is 650. The van der Waals surface area contributed by atoms with Crippen molar-refractivity contribution in [3.05, 3.63) is 41.3 Å². The molecule has 1 nitrogen and oxygen atoms in total. The Morgan fingerprint density at radius 2 is 1.76 bits per heavy atom. The number of benzene rings is 1. The first kappa shape index (κ1) is 15.9. The predicted molar refractivity (Wildman–Crippen MR) is 88.3 cm³/mol. The molecular formula is C19H26FN. The van der Waals surface area contributed by atoms with Gasteiger partial charge in [-0.1, -0.05) is 60.1 Å². The van der Waals surface area contributed by atoms with E-state index in [2.05, 4.69) is 31.8 Å². The maximum absolute atomic E-state index is 14.5. The van der Waals surface area contributed by atoms with Crippen LogP contribution >= 0.6 is 0 Å². The van der Waals surface area contributed by atoms with Crippen molar-refractivity contribution >= 4 is 10.9 Å². The number of fused-ring (bicyclic) bond motifs is 1. The van der Waals surface area contributed by atoms with Crippen LogP contribution in [-0.4, -0.2) is 4.98 Å². The summed E-state index contributed by atoms with van der Waals surface area (Å²) < 4.78 is 14.5. The zero-order valence-electron chi connectivity index (χ0n) is 14.0. The van der Waals surface area contributed by atoms with Gasteiger partial charge in [-0.2, -0.15) is 0 Å². The van der Waals surface area contributed by atoms with Crippen molar-refractivity contribution in [1.29, 1.82) is 0 Å². The monoisotopic (exact) mass is 287 g/mol. The van der Waals surface area contributed by atoms with E-state index in [-0.39, 0.29) is 16.6 Å². The third-order valence-electron chi connectivity index (χ3n) is 4.13. The second-order valence-corrected chi connectivity index (χ2v) is 7.57. The highest BCUT2D eigenvalue weighted by Crippen LogP contribution is 2.35. The largest absolute Gasteiger partial charge is 0.249 e. The lowest BCUT2D eigenvalue weighted by molar-refractivity contribution is 0.476. The van der Waals surface area contributed by atoms with Gasteiger partial charge in [0, 0.05) is 10.8 Å². The Morgan fingerprint density at radius 1 is 1.10 bits per heavy atom. The van der Waals surface area contributed by atoms with E-state index in [1.54, 1.807) is 6.07 Å². The van der Waals surface area contributed by atoms with Crippen molar-refractivity contribution in [3.63, 3.8) is 0 Å². The second kappa shape index (κ2) is 5.40. The van der Waals surface area contributed by atoms with Crippen molar-refractivity contribution < 1.29 is 4.39 Å². The Labute approximate surface area is 127 Å². The van der Waals surface area contributed by atoms with E-state index in [1.165, 1.54) is 5.56 Å². The number of aromatic nitrogens is 1. The first-order valence-corrected chi connectivity index (χ1v) is 7.77. The highest BCUT2D eigenvalue weighted by atomic mass is 19.1. The van der Waals surface area contributed by atoms with Gasteiger partial charge in [0.1, 0.15) is 5.82 Å². The predicted octanol–water partition coefficient (Wildman–Crippen LogP) is 5.75. The normalized spacial score (nSPS) is 12.9. The number of rotatable bonds is 3. The average Bonchev–Trinajstić information content (AvgIpc) is 2.35. The minimum absolute atomic E-state index is 0.0334. The molecule has 21 heavy (non-hydrogen) atoms. The number of hydrogen-bond acceptors (Lipinski definition) is 1. The maximum Gasteiger partial charge on any atom is 0.145 e. The fourth-order valence-electron chi connectivity index (χ4n) is 3.05. The number of hydrogen-bond donors (Lipinski definition) is 0. The lowest BCUT2D eigenvalue weighted by Gasteiger charge is -2.27. The number of nitrogens with zero attached hydrogens (tertiary/aromatic N) is 1.